The van der Waals surface area contributed by atoms with Crippen molar-refractivity contribution in [3.05, 3.63) is 0 Å². The molecule has 4 fully saturated rings. The maximum atomic E-state index is 10.4. The Balaban J connectivity index is 1.62. The molecule has 0 aromatic carbocycles. The fraction of sp³-hybridized carbons (Fsp3) is 1.00. The molecule has 0 bridgehead atoms. The van der Waals surface area contributed by atoms with Gasteiger partial charge >= 0.3 is 0 Å². The fourth-order valence-corrected chi connectivity index (χ4v) is 8.51. The summed E-state index contributed by atoms with van der Waals surface area (Å²) in [6, 6.07) is 0. The zero-order valence-electron chi connectivity index (χ0n) is 16.0. The molecule has 0 aliphatic heterocycles. The highest BCUT2D eigenvalue weighted by Crippen LogP contribution is 2.68. The minimum Gasteiger partial charge on any atom is -0.393 e. The Morgan fingerprint density at radius 1 is 1.00 bits per heavy atom. The van der Waals surface area contributed by atoms with Crippen molar-refractivity contribution in [2.24, 2.45) is 40.4 Å². The maximum Gasteiger partial charge on any atom is 0.0545 e. The number of rotatable bonds is 2. The minimum absolute atomic E-state index is 0.0379. The lowest BCUT2D eigenvalue weighted by Crippen LogP contribution is -2.55. The van der Waals surface area contributed by atoms with E-state index in [1.807, 2.05) is 6.92 Å². The molecule has 1 unspecified atom stereocenters. The van der Waals surface area contributed by atoms with Gasteiger partial charge in [-0.25, -0.2) is 0 Å². The van der Waals surface area contributed by atoms with E-state index in [1.165, 1.54) is 51.4 Å². The van der Waals surface area contributed by atoms with E-state index in [2.05, 4.69) is 13.8 Å². The Hall–Kier alpha value is -0.0800. The first-order valence-corrected chi connectivity index (χ1v) is 10.8. The SMILES string of the molecule is CC[C@]12CC[C@H]3[C@@H](CC[C@@H]4C[C@@H](O)CC[C@@]43C)[C@@H]1CC[C@@H]2C(C)O. The molecule has 4 saturated carbocycles. The van der Waals surface area contributed by atoms with Gasteiger partial charge in [0.1, 0.15) is 0 Å². The van der Waals surface area contributed by atoms with Crippen LogP contribution in [0.25, 0.3) is 0 Å². The fourth-order valence-electron chi connectivity index (χ4n) is 8.51. The molecule has 2 nitrogen and oxygen atoms in total. The number of hydrogen-bond donors (Lipinski definition) is 2. The summed E-state index contributed by atoms with van der Waals surface area (Å²) in [5.74, 6) is 3.91. The zero-order chi connectivity index (χ0) is 17.1. The molecule has 0 aromatic rings. The lowest BCUT2D eigenvalue weighted by Gasteiger charge is -2.61. The second-order valence-electron chi connectivity index (χ2n) is 10.1. The summed E-state index contributed by atoms with van der Waals surface area (Å²) in [6.07, 6.45) is 12.5. The first-order valence-electron chi connectivity index (χ1n) is 10.8. The van der Waals surface area contributed by atoms with E-state index in [0.717, 1.165) is 36.5 Å². The van der Waals surface area contributed by atoms with Crippen molar-refractivity contribution < 1.29 is 10.2 Å². The molecule has 0 heterocycles. The van der Waals surface area contributed by atoms with Gasteiger partial charge in [0.25, 0.3) is 0 Å². The Morgan fingerprint density at radius 2 is 1.79 bits per heavy atom. The van der Waals surface area contributed by atoms with Gasteiger partial charge in [-0.2, -0.15) is 0 Å². The van der Waals surface area contributed by atoms with Crippen LogP contribution >= 0.6 is 0 Å². The van der Waals surface area contributed by atoms with Crippen molar-refractivity contribution in [3.63, 3.8) is 0 Å². The van der Waals surface area contributed by atoms with Gasteiger partial charge in [0.05, 0.1) is 12.2 Å². The number of aliphatic hydroxyl groups excluding tert-OH is 2. The van der Waals surface area contributed by atoms with E-state index in [4.69, 9.17) is 0 Å². The first-order chi connectivity index (χ1) is 11.4. The van der Waals surface area contributed by atoms with Crippen molar-refractivity contribution in [2.45, 2.75) is 97.2 Å². The second kappa shape index (κ2) is 5.98. The minimum atomic E-state index is -0.136. The molecule has 138 valence electrons. The van der Waals surface area contributed by atoms with Crippen molar-refractivity contribution >= 4 is 0 Å². The molecule has 0 amide bonds. The third-order valence-corrected chi connectivity index (χ3v) is 9.66. The van der Waals surface area contributed by atoms with E-state index in [9.17, 15) is 10.2 Å². The van der Waals surface area contributed by atoms with E-state index in [0.29, 0.717) is 16.7 Å². The summed E-state index contributed by atoms with van der Waals surface area (Å²) < 4.78 is 0. The molecule has 0 aromatic heterocycles. The highest BCUT2D eigenvalue weighted by molar-refractivity contribution is 5.10. The Morgan fingerprint density at radius 3 is 2.50 bits per heavy atom. The third-order valence-electron chi connectivity index (χ3n) is 9.66. The predicted octanol–water partition coefficient (Wildman–Crippen LogP) is 4.78. The van der Waals surface area contributed by atoms with Gasteiger partial charge in [-0.3, -0.25) is 0 Å². The summed E-state index contributed by atoms with van der Waals surface area (Å²) in [6.45, 7) is 7.00. The van der Waals surface area contributed by atoms with Crippen LogP contribution in [0.5, 0.6) is 0 Å². The topological polar surface area (TPSA) is 40.5 Å². The zero-order valence-corrected chi connectivity index (χ0v) is 16.0. The van der Waals surface area contributed by atoms with Crippen molar-refractivity contribution in [3.8, 4) is 0 Å². The van der Waals surface area contributed by atoms with Crippen LogP contribution in [0.1, 0.15) is 85.0 Å². The van der Waals surface area contributed by atoms with Crippen molar-refractivity contribution in [2.75, 3.05) is 0 Å². The van der Waals surface area contributed by atoms with E-state index >= 15 is 0 Å². The van der Waals surface area contributed by atoms with Gasteiger partial charge in [0, 0.05) is 0 Å². The number of fused-ring (bicyclic) bond motifs is 5. The molecule has 4 aliphatic rings. The second-order valence-corrected chi connectivity index (χ2v) is 10.1. The molecule has 4 aliphatic carbocycles. The molecular formula is C22H38O2. The third kappa shape index (κ3) is 2.28. The smallest absolute Gasteiger partial charge is 0.0545 e. The van der Waals surface area contributed by atoms with E-state index in [-0.39, 0.29) is 12.2 Å². The maximum absolute atomic E-state index is 10.4. The van der Waals surface area contributed by atoms with Crippen LogP contribution in [0, 0.1) is 40.4 Å². The summed E-state index contributed by atoms with van der Waals surface area (Å²) in [5.41, 5.74) is 0.900. The van der Waals surface area contributed by atoms with Crippen LogP contribution in [0.15, 0.2) is 0 Å². The summed E-state index contributed by atoms with van der Waals surface area (Å²) in [5, 5.41) is 20.6. The Labute approximate surface area is 148 Å². The predicted molar refractivity (Wildman–Crippen MR) is 97.5 cm³/mol. The lowest BCUT2D eigenvalue weighted by molar-refractivity contribution is -0.137. The first kappa shape index (κ1) is 17.3. The van der Waals surface area contributed by atoms with E-state index in [1.54, 1.807) is 0 Å². The average Bonchev–Trinajstić information content (AvgIpc) is 2.95. The van der Waals surface area contributed by atoms with Gasteiger partial charge in [-0.1, -0.05) is 13.8 Å². The highest BCUT2D eigenvalue weighted by atomic mass is 16.3. The summed E-state index contributed by atoms with van der Waals surface area (Å²) >= 11 is 0. The van der Waals surface area contributed by atoms with Gasteiger partial charge in [-0.15, -0.1) is 0 Å². The number of hydrogen-bond acceptors (Lipinski definition) is 2. The largest absolute Gasteiger partial charge is 0.393 e. The van der Waals surface area contributed by atoms with Gasteiger partial charge < -0.3 is 10.2 Å². The summed E-state index contributed by atoms with van der Waals surface area (Å²) in [7, 11) is 0. The Kier molecular flexibility index (Phi) is 4.32. The molecule has 0 saturated heterocycles. The van der Waals surface area contributed by atoms with Gasteiger partial charge in [0.2, 0.25) is 0 Å². The molecule has 2 heteroatoms. The average molecular weight is 335 g/mol. The van der Waals surface area contributed by atoms with Crippen LogP contribution in [0.2, 0.25) is 0 Å². The van der Waals surface area contributed by atoms with Crippen LogP contribution in [-0.4, -0.2) is 22.4 Å². The van der Waals surface area contributed by atoms with Crippen LogP contribution < -0.4 is 0 Å². The van der Waals surface area contributed by atoms with Crippen LogP contribution in [-0.2, 0) is 0 Å². The Bertz CT molecular complexity index is 475. The molecular weight excluding hydrogens is 296 g/mol. The van der Waals surface area contributed by atoms with Gasteiger partial charge in [0.15, 0.2) is 0 Å². The van der Waals surface area contributed by atoms with Crippen molar-refractivity contribution in [1.29, 1.82) is 0 Å². The van der Waals surface area contributed by atoms with Gasteiger partial charge in [-0.05, 0) is 112 Å². The molecule has 0 radical (unpaired) electrons. The van der Waals surface area contributed by atoms with Crippen molar-refractivity contribution in [1.82, 2.24) is 0 Å². The quantitative estimate of drug-likeness (QED) is 0.763. The molecule has 0 spiro atoms. The molecule has 9 atom stereocenters. The lowest BCUT2D eigenvalue weighted by atomic mass is 9.44. The standard InChI is InChI=1S/C22H38O2/c1-4-22-12-10-19-17(20(22)8-7-18(22)14(2)23)6-5-15-13-16(24)9-11-21(15,19)3/h14-20,23-24H,4-13H2,1-3H3/t14?,15-,16+,17-,18-,19+,20+,21+,22-/m1/s1. The monoisotopic (exact) mass is 334 g/mol. The van der Waals surface area contributed by atoms with Crippen LogP contribution in [0.4, 0.5) is 0 Å². The molecule has 24 heavy (non-hydrogen) atoms. The molecule has 4 rings (SSSR count). The highest BCUT2D eigenvalue weighted by Gasteiger charge is 2.61. The normalized spacial score (nSPS) is 55.4. The summed E-state index contributed by atoms with van der Waals surface area (Å²) in [4.78, 5) is 0. The van der Waals surface area contributed by atoms with Crippen LogP contribution in [0.3, 0.4) is 0 Å². The van der Waals surface area contributed by atoms with E-state index < -0.39 is 0 Å². The molecule has 2 N–H and O–H groups in total. The number of aliphatic hydroxyl groups is 2.